The lowest BCUT2D eigenvalue weighted by Gasteiger charge is -2.07. The molecule has 0 fully saturated rings. The number of halogens is 1. The number of nitrogens with zero attached hydrogens (tertiary/aromatic N) is 3. The number of fused-ring (bicyclic) bond motifs is 1. The van der Waals surface area contributed by atoms with Crippen molar-refractivity contribution in [2.75, 3.05) is 0 Å². The van der Waals surface area contributed by atoms with Crippen molar-refractivity contribution in [3.63, 3.8) is 0 Å². The number of hydrogen-bond donors (Lipinski definition) is 1. The van der Waals surface area contributed by atoms with Gasteiger partial charge in [0.1, 0.15) is 12.4 Å². The van der Waals surface area contributed by atoms with Gasteiger partial charge in [-0.2, -0.15) is 0 Å². The molecule has 0 radical (unpaired) electrons. The summed E-state index contributed by atoms with van der Waals surface area (Å²) in [5.74, 6) is 0.576. The summed E-state index contributed by atoms with van der Waals surface area (Å²) in [6.45, 7) is 2.44. The molecule has 1 N–H and O–H groups in total. The Labute approximate surface area is 161 Å². The molecule has 0 saturated heterocycles. The number of carbonyl (C=O) groups excluding carboxylic acids is 1. The molecule has 6 nitrogen and oxygen atoms in total. The van der Waals surface area contributed by atoms with Gasteiger partial charge in [0.05, 0.1) is 5.56 Å². The monoisotopic (exact) mass is 378 g/mol. The number of para-hydroxylation sites is 1. The molecule has 0 unspecified atom stereocenters. The van der Waals surface area contributed by atoms with E-state index in [0.717, 1.165) is 22.0 Å². The fraction of sp³-hybridized carbons (Fsp3) is 0.190. The Kier molecular flexibility index (Phi) is 4.89. The van der Waals surface area contributed by atoms with E-state index in [1.165, 1.54) is 12.1 Å². The first-order valence-electron chi connectivity index (χ1n) is 9.06. The third kappa shape index (κ3) is 3.64. The van der Waals surface area contributed by atoms with Crippen molar-refractivity contribution in [3.8, 4) is 11.5 Å². The molecule has 2 aromatic heterocycles. The summed E-state index contributed by atoms with van der Waals surface area (Å²) in [6.07, 6.45) is 2.52. The summed E-state index contributed by atoms with van der Waals surface area (Å²) in [6, 6.07) is 13.8. The van der Waals surface area contributed by atoms with Crippen LogP contribution in [0.15, 0.2) is 59.1 Å². The predicted octanol–water partition coefficient (Wildman–Crippen LogP) is 3.71. The summed E-state index contributed by atoms with van der Waals surface area (Å²) < 4.78 is 20.5. The molecule has 2 heterocycles. The van der Waals surface area contributed by atoms with E-state index in [1.54, 1.807) is 12.1 Å². The molecule has 0 aliphatic rings. The molecular weight excluding hydrogens is 359 g/mol. The normalized spacial score (nSPS) is 11.1. The highest BCUT2D eigenvalue weighted by molar-refractivity contribution is 5.94. The first-order chi connectivity index (χ1) is 13.6. The second-order valence-corrected chi connectivity index (χ2v) is 6.45. The maximum atomic E-state index is 13.0. The van der Waals surface area contributed by atoms with Crippen LogP contribution in [0, 0.1) is 5.82 Å². The van der Waals surface area contributed by atoms with Crippen molar-refractivity contribution in [2.45, 2.75) is 26.4 Å². The van der Waals surface area contributed by atoms with Crippen LogP contribution in [0.25, 0.3) is 22.4 Å². The third-order valence-electron chi connectivity index (χ3n) is 4.51. The van der Waals surface area contributed by atoms with E-state index in [0.29, 0.717) is 24.7 Å². The second kappa shape index (κ2) is 7.64. The first kappa shape index (κ1) is 17.9. The summed E-state index contributed by atoms with van der Waals surface area (Å²) in [5, 5.41) is 12.0. The Morgan fingerprint density at radius 2 is 1.93 bits per heavy atom. The molecule has 0 saturated carbocycles. The molecule has 142 valence electrons. The lowest BCUT2D eigenvalue weighted by Crippen LogP contribution is -2.26. The van der Waals surface area contributed by atoms with Crippen molar-refractivity contribution >= 4 is 16.8 Å². The van der Waals surface area contributed by atoms with Crippen molar-refractivity contribution < 1.29 is 13.6 Å². The number of benzene rings is 2. The van der Waals surface area contributed by atoms with Gasteiger partial charge < -0.3 is 14.3 Å². The number of nitrogens with one attached hydrogen (secondary N) is 1. The molecule has 0 bridgehead atoms. The largest absolute Gasteiger partial charge is 0.421 e. The Morgan fingerprint density at radius 3 is 2.68 bits per heavy atom. The minimum atomic E-state index is -0.298. The fourth-order valence-corrected chi connectivity index (χ4v) is 3.07. The Hall–Kier alpha value is -3.48. The molecule has 2 aromatic carbocycles. The van der Waals surface area contributed by atoms with Crippen molar-refractivity contribution in [2.24, 2.45) is 0 Å². The molecule has 1 amide bonds. The Morgan fingerprint density at radius 1 is 1.14 bits per heavy atom. The van der Waals surface area contributed by atoms with Gasteiger partial charge in [-0.1, -0.05) is 37.3 Å². The molecule has 7 heteroatoms. The highest BCUT2D eigenvalue weighted by atomic mass is 19.1. The zero-order valence-electron chi connectivity index (χ0n) is 15.4. The number of hydrogen-bond acceptors (Lipinski definition) is 4. The first-order valence-corrected chi connectivity index (χ1v) is 9.06. The van der Waals surface area contributed by atoms with E-state index in [4.69, 9.17) is 4.42 Å². The quantitative estimate of drug-likeness (QED) is 0.555. The second-order valence-electron chi connectivity index (χ2n) is 6.45. The van der Waals surface area contributed by atoms with E-state index < -0.39 is 0 Å². The minimum Gasteiger partial charge on any atom is -0.421 e. The number of aryl methyl sites for hydroxylation is 1. The minimum absolute atomic E-state index is 0.142. The maximum Gasteiger partial charge on any atom is 0.249 e. The van der Waals surface area contributed by atoms with Crippen LogP contribution in [-0.2, 0) is 24.3 Å². The smallest absolute Gasteiger partial charge is 0.249 e. The van der Waals surface area contributed by atoms with E-state index in [9.17, 15) is 9.18 Å². The zero-order valence-corrected chi connectivity index (χ0v) is 15.4. The summed E-state index contributed by atoms with van der Waals surface area (Å²) in [7, 11) is 0. The van der Waals surface area contributed by atoms with Gasteiger partial charge >= 0.3 is 0 Å². The SMILES string of the molecule is CCc1nnc(-c2cn(CC(=O)NCc3ccc(F)cc3)c3ccccc23)o1. The van der Waals surface area contributed by atoms with Gasteiger partial charge in [0.2, 0.25) is 17.7 Å². The molecule has 4 aromatic rings. The Bertz CT molecular complexity index is 1120. The molecular formula is C21H19FN4O2. The van der Waals surface area contributed by atoms with E-state index in [-0.39, 0.29) is 18.3 Å². The molecule has 28 heavy (non-hydrogen) atoms. The number of carbonyl (C=O) groups is 1. The molecule has 0 aliphatic heterocycles. The van der Waals surface area contributed by atoms with Gasteiger partial charge in [-0.05, 0) is 23.8 Å². The van der Waals surface area contributed by atoms with E-state index >= 15 is 0 Å². The van der Waals surface area contributed by atoms with Crippen LogP contribution in [-0.4, -0.2) is 20.7 Å². The van der Waals surface area contributed by atoms with Gasteiger partial charge in [0.15, 0.2) is 0 Å². The highest BCUT2D eigenvalue weighted by Gasteiger charge is 2.16. The van der Waals surface area contributed by atoms with Crippen LogP contribution in [0.1, 0.15) is 18.4 Å². The van der Waals surface area contributed by atoms with Crippen LogP contribution in [0.5, 0.6) is 0 Å². The average Bonchev–Trinajstić information content (AvgIpc) is 3.33. The Balaban J connectivity index is 1.55. The standard InChI is InChI=1S/C21H19FN4O2/c1-2-20-24-25-21(28-20)17-12-26(18-6-4-3-5-16(17)18)13-19(27)23-11-14-7-9-15(22)10-8-14/h3-10,12H,2,11,13H2,1H3,(H,23,27). The predicted molar refractivity (Wildman–Crippen MR) is 103 cm³/mol. The van der Waals surface area contributed by atoms with Crippen LogP contribution < -0.4 is 5.32 Å². The van der Waals surface area contributed by atoms with Crippen LogP contribution in [0.4, 0.5) is 4.39 Å². The number of aromatic nitrogens is 3. The topological polar surface area (TPSA) is 73.0 Å². The van der Waals surface area contributed by atoms with E-state index in [1.807, 2.05) is 42.0 Å². The summed E-state index contributed by atoms with van der Waals surface area (Å²) >= 11 is 0. The zero-order chi connectivity index (χ0) is 19.5. The van der Waals surface area contributed by atoms with Gasteiger partial charge in [-0.15, -0.1) is 10.2 Å². The van der Waals surface area contributed by atoms with Crippen LogP contribution in [0.3, 0.4) is 0 Å². The fourth-order valence-electron chi connectivity index (χ4n) is 3.07. The number of amides is 1. The lowest BCUT2D eigenvalue weighted by molar-refractivity contribution is -0.121. The van der Waals surface area contributed by atoms with Crippen molar-refractivity contribution in [1.82, 2.24) is 20.1 Å². The average molecular weight is 378 g/mol. The third-order valence-corrected chi connectivity index (χ3v) is 4.51. The highest BCUT2D eigenvalue weighted by Crippen LogP contribution is 2.29. The van der Waals surface area contributed by atoms with Crippen molar-refractivity contribution in [1.29, 1.82) is 0 Å². The number of rotatable bonds is 6. The van der Waals surface area contributed by atoms with Gasteiger partial charge in [0.25, 0.3) is 0 Å². The van der Waals surface area contributed by atoms with Gasteiger partial charge in [-0.3, -0.25) is 4.79 Å². The molecule has 0 atom stereocenters. The molecule has 4 rings (SSSR count). The lowest BCUT2D eigenvalue weighted by atomic mass is 10.2. The van der Waals surface area contributed by atoms with Crippen LogP contribution >= 0.6 is 0 Å². The van der Waals surface area contributed by atoms with E-state index in [2.05, 4.69) is 15.5 Å². The van der Waals surface area contributed by atoms with Gasteiger partial charge in [0, 0.05) is 30.1 Å². The van der Waals surface area contributed by atoms with Crippen LogP contribution in [0.2, 0.25) is 0 Å². The molecule has 0 spiro atoms. The summed E-state index contributed by atoms with van der Waals surface area (Å²) in [4.78, 5) is 12.4. The van der Waals surface area contributed by atoms with Crippen molar-refractivity contribution in [3.05, 3.63) is 72.0 Å². The summed E-state index contributed by atoms with van der Waals surface area (Å²) in [5.41, 5.74) is 2.55. The van der Waals surface area contributed by atoms with Gasteiger partial charge in [-0.25, -0.2) is 4.39 Å². The molecule has 0 aliphatic carbocycles. The maximum absolute atomic E-state index is 13.0.